The molecule has 1 amide bonds. The molecular weight excluding hydrogens is 432 g/mol. The van der Waals surface area contributed by atoms with E-state index >= 15 is 0 Å². The molecule has 178 valence electrons. The highest BCUT2D eigenvalue weighted by molar-refractivity contribution is 5.82. The van der Waals surface area contributed by atoms with Crippen LogP contribution >= 0.6 is 0 Å². The van der Waals surface area contributed by atoms with Gasteiger partial charge >= 0.3 is 5.97 Å². The number of ether oxygens (including phenoxy) is 1. The first kappa shape index (κ1) is 24.9. The number of carbonyl (C=O) groups excluding carboxylic acids is 1. The molecular formula is C27H30N2O5. The minimum atomic E-state index is -1.04. The molecule has 0 fully saturated rings. The molecule has 0 spiro atoms. The van der Waals surface area contributed by atoms with Crippen molar-refractivity contribution < 1.29 is 19.4 Å². The van der Waals surface area contributed by atoms with Crippen LogP contribution in [0.1, 0.15) is 40.8 Å². The number of hydrogen-bond acceptors (Lipinski definition) is 4. The van der Waals surface area contributed by atoms with Crippen LogP contribution in [0.5, 0.6) is 0 Å². The molecule has 3 aromatic rings. The number of amides is 1. The van der Waals surface area contributed by atoms with Crippen molar-refractivity contribution in [1.29, 1.82) is 0 Å². The van der Waals surface area contributed by atoms with Gasteiger partial charge in [-0.2, -0.15) is 0 Å². The summed E-state index contributed by atoms with van der Waals surface area (Å²) in [6, 6.07) is 15.0. The largest absolute Gasteiger partial charge is 0.481 e. The minimum Gasteiger partial charge on any atom is -0.481 e. The number of nitrogens with zero attached hydrogens (tertiary/aromatic N) is 1. The second-order valence-corrected chi connectivity index (χ2v) is 8.47. The van der Waals surface area contributed by atoms with Crippen LogP contribution in [-0.4, -0.2) is 35.3 Å². The Morgan fingerprint density at radius 1 is 1.03 bits per heavy atom. The Labute approximate surface area is 199 Å². The Morgan fingerprint density at radius 3 is 2.32 bits per heavy atom. The van der Waals surface area contributed by atoms with Gasteiger partial charge in [0.2, 0.25) is 5.91 Å². The van der Waals surface area contributed by atoms with E-state index in [1.807, 2.05) is 50.2 Å². The van der Waals surface area contributed by atoms with Crippen LogP contribution in [0.25, 0.3) is 11.1 Å². The summed E-state index contributed by atoms with van der Waals surface area (Å²) in [6.45, 7) is 5.82. The van der Waals surface area contributed by atoms with Crippen LogP contribution in [0.4, 0.5) is 0 Å². The molecule has 0 radical (unpaired) electrons. The monoisotopic (exact) mass is 462 g/mol. The van der Waals surface area contributed by atoms with Crippen LogP contribution in [0.15, 0.2) is 65.6 Å². The average Bonchev–Trinajstić information content (AvgIpc) is 2.77. The van der Waals surface area contributed by atoms with Crippen LogP contribution < -0.4 is 10.9 Å². The van der Waals surface area contributed by atoms with E-state index < -0.39 is 24.0 Å². The van der Waals surface area contributed by atoms with Gasteiger partial charge in [0.25, 0.3) is 5.56 Å². The summed E-state index contributed by atoms with van der Waals surface area (Å²) in [6.07, 6.45) is 1.25. The fourth-order valence-electron chi connectivity index (χ4n) is 4.16. The van der Waals surface area contributed by atoms with Gasteiger partial charge in [-0.1, -0.05) is 36.4 Å². The Balaban J connectivity index is 1.96. The summed E-state index contributed by atoms with van der Waals surface area (Å²) in [5.41, 5.74) is 5.36. The molecule has 0 aliphatic carbocycles. The van der Waals surface area contributed by atoms with E-state index in [4.69, 9.17) is 4.74 Å². The lowest BCUT2D eigenvalue weighted by atomic mass is 9.92. The number of aromatic nitrogens is 1. The van der Waals surface area contributed by atoms with Crippen LogP contribution in [0, 0.1) is 20.8 Å². The number of carboxylic acids is 1. The molecule has 2 aromatic carbocycles. The summed E-state index contributed by atoms with van der Waals surface area (Å²) in [4.78, 5) is 37.4. The van der Waals surface area contributed by atoms with Crippen molar-refractivity contribution >= 4 is 11.9 Å². The number of nitrogens with one attached hydrogen (secondary N) is 1. The first-order chi connectivity index (χ1) is 16.2. The summed E-state index contributed by atoms with van der Waals surface area (Å²) in [5, 5.41) is 12.4. The maximum Gasteiger partial charge on any atom is 0.305 e. The van der Waals surface area contributed by atoms with Crippen LogP contribution in [-0.2, 0) is 14.3 Å². The number of benzene rings is 2. The van der Waals surface area contributed by atoms with E-state index in [1.54, 1.807) is 25.3 Å². The first-order valence-corrected chi connectivity index (χ1v) is 11.1. The van der Waals surface area contributed by atoms with Gasteiger partial charge in [0, 0.05) is 19.4 Å². The molecule has 0 bridgehead atoms. The third-order valence-corrected chi connectivity index (χ3v) is 5.82. The number of aliphatic carboxylic acids is 1. The van der Waals surface area contributed by atoms with Crippen molar-refractivity contribution in [3.63, 3.8) is 0 Å². The molecule has 0 unspecified atom stereocenters. The average molecular weight is 463 g/mol. The van der Waals surface area contributed by atoms with Gasteiger partial charge < -0.3 is 19.7 Å². The van der Waals surface area contributed by atoms with Gasteiger partial charge in [0.15, 0.2) is 0 Å². The van der Waals surface area contributed by atoms with Crippen molar-refractivity contribution in [2.75, 3.05) is 13.7 Å². The molecule has 7 nitrogen and oxygen atoms in total. The van der Waals surface area contributed by atoms with Crippen molar-refractivity contribution in [3.8, 4) is 11.1 Å². The van der Waals surface area contributed by atoms with Crippen molar-refractivity contribution in [2.24, 2.45) is 0 Å². The highest BCUT2D eigenvalue weighted by Gasteiger charge is 2.26. The van der Waals surface area contributed by atoms with Crippen molar-refractivity contribution in [2.45, 2.75) is 39.3 Å². The van der Waals surface area contributed by atoms with Crippen molar-refractivity contribution in [3.05, 3.63) is 93.4 Å². The third-order valence-electron chi connectivity index (χ3n) is 5.82. The molecule has 1 heterocycles. The van der Waals surface area contributed by atoms with E-state index in [2.05, 4.69) is 5.32 Å². The maximum atomic E-state index is 13.3. The standard InChI is InChI=1S/C27H30N2O5/c1-17-11-12-29(24(30)13-17)23(16-34-4)27(33)28-22(15-25(31)32)20-9-6-10-21(14-20)26-18(2)7-5-8-19(26)3/h5-14,22-23H,15-16H2,1-4H3,(H,28,33)(H,31,32)/t22-,23-/m0/s1. The van der Waals surface area contributed by atoms with Crippen LogP contribution in [0.3, 0.4) is 0 Å². The Hall–Kier alpha value is -3.71. The predicted molar refractivity (Wildman–Crippen MR) is 131 cm³/mol. The highest BCUT2D eigenvalue weighted by atomic mass is 16.5. The summed E-state index contributed by atoms with van der Waals surface area (Å²) in [5.74, 6) is -1.53. The van der Waals surface area contributed by atoms with Gasteiger partial charge in [0.1, 0.15) is 6.04 Å². The number of aryl methyl sites for hydroxylation is 3. The normalized spacial score (nSPS) is 12.7. The second-order valence-electron chi connectivity index (χ2n) is 8.47. The highest BCUT2D eigenvalue weighted by Crippen LogP contribution is 2.30. The molecule has 0 saturated carbocycles. The van der Waals surface area contributed by atoms with Gasteiger partial charge in [-0.15, -0.1) is 0 Å². The van der Waals surface area contributed by atoms with Gasteiger partial charge in [0.05, 0.1) is 19.1 Å². The minimum absolute atomic E-state index is 0.0307. The number of carbonyl (C=O) groups is 2. The molecule has 2 atom stereocenters. The maximum absolute atomic E-state index is 13.3. The number of carboxylic acid groups (broad SMARTS) is 1. The lowest BCUT2D eigenvalue weighted by molar-refractivity contribution is -0.138. The second kappa shape index (κ2) is 10.9. The fourth-order valence-corrected chi connectivity index (χ4v) is 4.16. The lowest BCUT2D eigenvalue weighted by Crippen LogP contribution is -2.41. The zero-order valence-corrected chi connectivity index (χ0v) is 19.9. The number of hydrogen-bond donors (Lipinski definition) is 2. The van der Waals surface area contributed by atoms with Gasteiger partial charge in [-0.3, -0.25) is 14.4 Å². The first-order valence-electron chi connectivity index (χ1n) is 11.1. The predicted octanol–water partition coefficient (Wildman–Crippen LogP) is 3.96. The number of rotatable bonds is 9. The fraction of sp³-hybridized carbons (Fsp3) is 0.296. The quantitative estimate of drug-likeness (QED) is 0.502. The zero-order valence-electron chi connectivity index (χ0n) is 19.9. The van der Waals surface area contributed by atoms with E-state index in [0.29, 0.717) is 5.56 Å². The summed E-state index contributed by atoms with van der Waals surface area (Å²) < 4.78 is 6.50. The Kier molecular flexibility index (Phi) is 8.02. The Morgan fingerprint density at radius 2 is 1.71 bits per heavy atom. The molecule has 7 heteroatoms. The Bertz CT molecular complexity index is 1230. The molecule has 0 aliphatic rings. The van der Waals surface area contributed by atoms with E-state index in [1.165, 1.54) is 17.7 Å². The topological polar surface area (TPSA) is 97.6 Å². The summed E-state index contributed by atoms with van der Waals surface area (Å²) in [7, 11) is 1.45. The van der Waals surface area contributed by atoms with Gasteiger partial charge in [-0.05, 0) is 66.3 Å². The summed E-state index contributed by atoms with van der Waals surface area (Å²) >= 11 is 0. The van der Waals surface area contributed by atoms with Gasteiger partial charge in [-0.25, -0.2) is 0 Å². The molecule has 3 rings (SSSR count). The van der Waals surface area contributed by atoms with Crippen molar-refractivity contribution in [1.82, 2.24) is 9.88 Å². The van der Waals surface area contributed by atoms with E-state index in [0.717, 1.165) is 27.8 Å². The van der Waals surface area contributed by atoms with Crippen LogP contribution in [0.2, 0.25) is 0 Å². The van der Waals surface area contributed by atoms with E-state index in [-0.39, 0.29) is 18.6 Å². The van der Waals surface area contributed by atoms with E-state index in [9.17, 15) is 19.5 Å². The zero-order chi connectivity index (χ0) is 24.8. The smallest absolute Gasteiger partial charge is 0.305 e. The number of pyridine rings is 1. The molecule has 1 aromatic heterocycles. The number of methoxy groups -OCH3 is 1. The molecule has 34 heavy (non-hydrogen) atoms. The third kappa shape index (κ3) is 5.80. The lowest BCUT2D eigenvalue weighted by Gasteiger charge is -2.24. The molecule has 0 saturated heterocycles. The molecule has 0 aliphatic heterocycles. The SMILES string of the molecule is COC[C@@H](C(=O)N[C@@H](CC(=O)O)c1cccc(-c2c(C)cccc2C)c1)n1ccc(C)cc1=O. The molecule has 2 N–H and O–H groups in total.